The number of halogens is 1. The minimum atomic E-state index is -0.847. The second-order valence-corrected chi connectivity index (χ2v) is 9.21. The maximum Gasteiger partial charge on any atom is 0.133 e. The zero-order chi connectivity index (χ0) is 16.9. The first-order chi connectivity index (χ1) is 11.5. The SMILES string of the molecule is CC(=O)[C@H]1CC[C@H]2[C@@H]3CC[C@@H]4C[C@](O)(C#CCl)CC[C@@H]4[C@H]3CC[C@@H]21. The van der Waals surface area contributed by atoms with Crippen molar-refractivity contribution >= 4 is 17.4 Å². The summed E-state index contributed by atoms with van der Waals surface area (Å²) in [5, 5.41) is 13.1. The van der Waals surface area contributed by atoms with Crippen molar-refractivity contribution < 1.29 is 9.90 Å². The molecule has 0 saturated heterocycles. The van der Waals surface area contributed by atoms with Crippen LogP contribution in [0.2, 0.25) is 0 Å². The van der Waals surface area contributed by atoms with Gasteiger partial charge in [0.15, 0.2) is 0 Å². The highest BCUT2D eigenvalue weighted by molar-refractivity contribution is 6.30. The Kier molecular flexibility index (Phi) is 4.46. The van der Waals surface area contributed by atoms with Crippen LogP contribution in [-0.4, -0.2) is 16.5 Å². The summed E-state index contributed by atoms with van der Waals surface area (Å²) in [5.41, 5.74) is -0.847. The Bertz CT molecular complexity index is 576. The number of ketones is 1. The van der Waals surface area contributed by atoms with Crippen LogP contribution in [0.1, 0.15) is 64.7 Å². The molecule has 4 fully saturated rings. The number of carbonyl (C=O) groups excluding carboxylic acids is 1. The minimum absolute atomic E-state index is 0.351. The smallest absolute Gasteiger partial charge is 0.133 e. The molecule has 0 spiro atoms. The first kappa shape index (κ1) is 16.9. The maximum atomic E-state index is 12.0. The average molecular weight is 349 g/mol. The highest BCUT2D eigenvalue weighted by Gasteiger charge is 2.53. The molecule has 0 heterocycles. The Morgan fingerprint density at radius 1 is 0.958 bits per heavy atom. The summed E-state index contributed by atoms with van der Waals surface area (Å²) in [7, 11) is 0. The summed E-state index contributed by atoms with van der Waals surface area (Å²) in [6, 6.07) is 0. The molecule has 0 bridgehead atoms. The summed E-state index contributed by atoms with van der Waals surface area (Å²) in [5.74, 6) is 8.13. The molecule has 0 aliphatic heterocycles. The van der Waals surface area contributed by atoms with Crippen LogP contribution in [0.25, 0.3) is 0 Å². The van der Waals surface area contributed by atoms with E-state index in [4.69, 9.17) is 11.6 Å². The van der Waals surface area contributed by atoms with Crippen molar-refractivity contribution in [3.8, 4) is 11.3 Å². The average Bonchev–Trinajstić information content (AvgIpc) is 2.98. The third-order valence-electron chi connectivity index (χ3n) is 8.13. The lowest BCUT2D eigenvalue weighted by Gasteiger charge is -2.53. The van der Waals surface area contributed by atoms with Gasteiger partial charge in [0.1, 0.15) is 11.4 Å². The Balaban J connectivity index is 1.49. The lowest BCUT2D eigenvalue weighted by Crippen LogP contribution is -2.48. The molecule has 0 amide bonds. The van der Waals surface area contributed by atoms with Crippen LogP contribution in [0.15, 0.2) is 0 Å². The van der Waals surface area contributed by atoms with E-state index in [9.17, 15) is 9.90 Å². The standard InChI is InChI=1S/C21H29ClO2/c1-13(23)15-4-5-20-17(15)6-7-18-16-8-9-21(24,10-11-22)12-14(16)2-3-19(18)20/h14-20,24H,2-9,12H2,1H3/t14-,15-,16+,17-,18-,19-,20-,21-/m1/s1. The van der Waals surface area contributed by atoms with Crippen molar-refractivity contribution in [1.82, 2.24) is 0 Å². The molecule has 4 aliphatic rings. The quantitative estimate of drug-likeness (QED) is 0.714. The number of carbonyl (C=O) groups is 1. The van der Waals surface area contributed by atoms with Gasteiger partial charge in [0, 0.05) is 11.3 Å². The van der Waals surface area contributed by atoms with Gasteiger partial charge >= 0.3 is 0 Å². The van der Waals surface area contributed by atoms with Crippen LogP contribution in [0.5, 0.6) is 0 Å². The van der Waals surface area contributed by atoms with Crippen molar-refractivity contribution in [3.63, 3.8) is 0 Å². The number of aliphatic hydroxyl groups is 1. The lowest BCUT2D eigenvalue weighted by molar-refractivity contribution is -0.123. The van der Waals surface area contributed by atoms with Crippen LogP contribution in [-0.2, 0) is 4.79 Å². The predicted octanol–water partition coefficient (Wildman–Crippen LogP) is 4.38. The van der Waals surface area contributed by atoms with E-state index >= 15 is 0 Å². The van der Waals surface area contributed by atoms with Crippen molar-refractivity contribution in [3.05, 3.63) is 0 Å². The van der Waals surface area contributed by atoms with E-state index in [0.717, 1.165) is 49.4 Å². The molecule has 4 aliphatic carbocycles. The van der Waals surface area contributed by atoms with Crippen molar-refractivity contribution in [1.29, 1.82) is 0 Å². The summed E-state index contributed by atoms with van der Waals surface area (Å²) in [4.78, 5) is 12.0. The maximum absolute atomic E-state index is 12.0. The third-order valence-corrected chi connectivity index (χ3v) is 8.22. The Labute approximate surface area is 150 Å². The molecular formula is C21H29ClO2. The lowest BCUT2D eigenvalue weighted by atomic mass is 9.52. The van der Waals surface area contributed by atoms with E-state index < -0.39 is 5.60 Å². The van der Waals surface area contributed by atoms with Crippen LogP contribution in [0.4, 0.5) is 0 Å². The fraction of sp³-hybridized carbons (Fsp3) is 0.857. The molecule has 0 aromatic carbocycles. The van der Waals surface area contributed by atoms with Gasteiger partial charge in [0.05, 0.1) is 0 Å². The van der Waals surface area contributed by atoms with Gasteiger partial charge in [-0.05, 0) is 112 Å². The van der Waals surface area contributed by atoms with Crippen LogP contribution in [0.3, 0.4) is 0 Å². The zero-order valence-electron chi connectivity index (χ0n) is 14.6. The number of hydrogen-bond acceptors (Lipinski definition) is 2. The number of hydrogen-bond donors (Lipinski definition) is 1. The molecule has 24 heavy (non-hydrogen) atoms. The van der Waals surface area contributed by atoms with Gasteiger partial charge in [-0.15, -0.1) is 0 Å². The van der Waals surface area contributed by atoms with Crippen LogP contribution >= 0.6 is 11.6 Å². The number of Topliss-reactive ketones (excluding diaryl/α,β-unsaturated/α-hetero) is 1. The largest absolute Gasteiger partial charge is 0.378 e. The van der Waals surface area contributed by atoms with E-state index in [0.29, 0.717) is 23.5 Å². The third kappa shape index (κ3) is 2.73. The molecule has 2 nitrogen and oxygen atoms in total. The Hall–Kier alpha value is -0.520. The normalized spacial score (nSPS) is 50.0. The molecule has 1 N–H and O–H groups in total. The van der Waals surface area contributed by atoms with E-state index in [1.807, 2.05) is 0 Å². The summed E-state index contributed by atoms with van der Waals surface area (Å²) >= 11 is 5.56. The molecule has 8 atom stereocenters. The second kappa shape index (κ2) is 6.33. The van der Waals surface area contributed by atoms with E-state index in [1.54, 1.807) is 6.92 Å². The monoisotopic (exact) mass is 348 g/mol. The first-order valence-corrected chi connectivity index (χ1v) is 10.3. The van der Waals surface area contributed by atoms with Crippen molar-refractivity contribution in [2.45, 2.75) is 70.3 Å². The van der Waals surface area contributed by atoms with Gasteiger partial charge in [0.2, 0.25) is 0 Å². The topological polar surface area (TPSA) is 37.3 Å². The molecular weight excluding hydrogens is 320 g/mol. The molecule has 4 saturated carbocycles. The molecule has 0 aromatic rings. The van der Waals surface area contributed by atoms with E-state index in [1.165, 1.54) is 32.1 Å². The predicted molar refractivity (Wildman–Crippen MR) is 95.2 cm³/mol. The summed E-state index contributed by atoms with van der Waals surface area (Å²) < 4.78 is 0. The van der Waals surface area contributed by atoms with Gasteiger partial charge in [-0.2, -0.15) is 0 Å². The number of rotatable bonds is 1. The van der Waals surface area contributed by atoms with Gasteiger partial charge in [-0.1, -0.05) is 5.92 Å². The Morgan fingerprint density at radius 2 is 1.58 bits per heavy atom. The van der Waals surface area contributed by atoms with Gasteiger partial charge in [-0.3, -0.25) is 4.79 Å². The van der Waals surface area contributed by atoms with Crippen LogP contribution < -0.4 is 0 Å². The van der Waals surface area contributed by atoms with Gasteiger partial charge in [0.25, 0.3) is 0 Å². The summed E-state index contributed by atoms with van der Waals surface area (Å²) in [6.07, 6.45) is 10.2. The molecule has 0 aromatic heterocycles. The molecule has 0 radical (unpaired) electrons. The van der Waals surface area contributed by atoms with Crippen LogP contribution in [0, 0.1) is 52.7 Å². The second-order valence-electron chi connectivity index (χ2n) is 9.02. The fourth-order valence-electron chi connectivity index (χ4n) is 7.24. The molecule has 0 unspecified atom stereocenters. The van der Waals surface area contributed by atoms with Gasteiger partial charge in [-0.25, -0.2) is 0 Å². The molecule has 3 heteroatoms. The highest BCUT2D eigenvalue weighted by Crippen LogP contribution is 2.59. The van der Waals surface area contributed by atoms with Gasteiger partial charge < -0.3 is 5.11 Å². The number of fused-ring (bicyclic) bond motifs is 5. The minimum Gasteiger partial charge on any atom is -0.378 e. The highest BCUT2D eigenvalue weighted by atomic mass is 35.5. The Morgan fingerprint density at radius 3 is 2.33 bits per heavy atom. The van der Waals surface area contributed by atoms with Crippen molar-refractivity contribution in [2.24, 2.45) is 41.4 Å². The van der Waals surface area contributed by atoms with E-state index in [-0.39, 0.29) is 0 Å². The van der Waals surface area contributed by atoms with Crippen molar-refractivity contribution in [2.75, 3.05) is 0 Å². The van der Waals surface area contributed by atoms with E-state index in [2.05, 4.69) is 11.3 Å². The zero-order valence-corrected chi connectivity index (χ0v) is 15.4. The molecule has 132 valence electrons. The summed E-state index contributed by atoms with van der Waals surface area (Å²) in [6.45, 7) is 1.80. The first-order valence-electron chi connectivity index (χ1n) is 9.88. The fourth-order valence-corrected chi connectivity index (χ4v) is 7.42. The molecule has 4 rings (SSSR count).